The lowest BCUT2D eigenvalue weighted by Crippen LogP contribution is -2.39. The number of rotatable bonds is 5. The lowest BCUT2D eigenvalue weighted by Gasteiger charge is -2.34. The van der Waals surface area contributed by atoms with Crippen molar-refractivity contribution in [3.05, 3.63) is 30.0 Å². The Bertz CT molecular complexity index is 1100. The molecule has 0 bridgehead atoms. The largest absolute Gasteiger partial charge is 0.494 e. The van der Waals surface area contributed by atoms with Gasteiger partial charge < -0.3 is 19.3 Å². The van der Waals surface area contributed by atoms with Crippen molar-refractivity contribution in [2.45, 2.75) is 12.8 Å². The first-order valence-corrected chi connectivity index (χ1v) is 9.88. The third-order valence-electron chi connectivity index (χ3n) is 5.66. The van der Waals surface area contributed by atoms with Crippen molar-refractivity contribution in [3.63, 3.8) is 0 Å². The summed E-state index contributed by atoms with van der Waals surface area (Å²) in [7, 11) is 2.65. The fourth-order valence-corrected chi connectivity index (χ4v) is 3.67. The van der Waals surface area contributed by atoms with Crippen LogP contribution in [0.15, 0.2) is 18.3 Å². The van der Waals surface area contributed by atoms with E-state index in [1.165, 1.54) is 20.3 Å². The molecule has 2 fully saturated rings. The number of aromatic nitrogens is 3. The Morgan fingerprint density at radius 2 is 1.50 bits per heavy atom. The van der Waals surface area contributed by atoms with Gasteiger partial charge in [-0.25, -0.2) is 23.7 Å². The van der Waals surface area contributed by atoms with Gasteiger partial charge in [-0.2, -0.15) is 0 Å². The molecule has 0 amide bonds. The molecule has 0 unspecified atom stereocenters. The van der Waals surface area contributed by atoms with E-state index in [-0.39, 0.29) is 22.8 Å². The highest BCUT2D eigenvalue weighted by Crippen LogP contribution is 2.39. The van der Waals surface area contributed by atoms with Gasteiger partial charge in [0, 0.05) is 43.8 Å². The van der Waals surface area contributed by atoms with Gasteiger partial charge in [0.2, 0.25) is 5.95 Å². The molecule has 7 nitrogen and oxygen atoms in total. The Balaban J connectivity index is 1.73. The molecule has 156 valence electrons. The van der Waals surface area contributed by atoms with Gasteiger partial charge in [0.25, 0.3) is 0 Å². The van der Waals surface area contributed by atoms with E-state index in [0.717, 1.165) is 39.0 Å². The van der Waals surface area contributed by atoms with E-state index in [2.05, 4.69) is 19.8 Å². The van der Waals surface area contributed by atoms with Gasteiger partial charge in [0.15, 0.2) is 29.0 Å². The number of anilines is 2. The molecule has 9 heteroatoms. The van der Waals surface area contributed by atoms with Crippen LogP contribution < -0.4 is 19.3 Å². The summed E-state index contributed by atoms with van der Waals surface area (Å²) in [6.45, 7) is 3.49. The Morgan fingerprint density at radius 3 is 2.03 bits per heavy atom. The van der Waals surface area contributed by atoms with Crippen LogP contribution in [0.5, 0.6) is 11.5 Å². The van der Waals surface area contributed by atoms with Crippen LogP contribution in [0, 0.1) is 11.6 Å². The summed E-state index contributed by atoms with van der Waals surface area (Å²) in [5.74, 6) is -0.602. The summed E-state index contributed by atoms with van der Waals surface area (Å²) >= 11 is 0. The number of nitrogens with zero attached hydrogens (tertiary/aromatic N) is 5. The maximum atomic E-state index is 15.1. The monoisotopic (exact) mass is 413 g/mol. The van der Waals surface area contributed by atoms with Gasteiger partial charge in [-0.3, -0.25) is 0 Å². The summed E-state index contributed by atoms with van der Waals surface area (Å²) < 4.78 is 40.3. The second-order valence-corrected chi connectivity index (χ2v) is 7.40. The number of hydrogen-bond donors (Lipinski definition) is 0. The summed E-state index contributed by atoms with van der Waals surface area (Å²) in [4.78, 5) is 18.0. The van der Waals surface area contributed by atoms with Crippen molar-refractivity contribution in [2.24, 2.45) is 0 Å². The molecule has 0 aliphatic carbocycles. The standard InChI is InChI=1S/C21H21F2N5O2/c1-29-14-10-15(30-2)18(23)16(17(14)22)13-9-12-11-24-21(28-7-4-8-28)26-19(12)20(25-13)27-5-3-6-27/h9-11H,3-8H2,1-2H3. The third-order valence-corrected chi connectivity index (χ3v) is 5.66. The van der Waals surface area contributed by atoms with Crippen molar-refractivity contribution in [3.8, 4) is 22.8 Å². The predicted octanol–water partition coefficient (Wildman–Crippen LogP) is 3.41. The number of halogens is 2. The van der Waals surface area contributed by atoms with Gasteiger partial charge in [0.1, 0.15) is 5.52 Å². The van der Waals surface area contributed by atoms with Crippen LogP contribution in [0.4, 0.5) is 20.5 Å². The highest BCUT2D eigenvalue weighted by Gasteiger charge is 2.27. The average molecular weight is 413 g/mol. The highest BCUT2D eigenvalue weighted by molar-refractivity contribution is 5.92. The quantitative estimate of drug-likeness (QED) is 0.635. The molecule has 0 radical (unpaired) electrons. The SMILES string of the molecule is COc1cc(OC)c(F)c(-c2cc3cnc(N4CCC4)nc3c(N3CCC3)n2)c1F. The summed E-state index contributed by atoms with van der Waals surface area (Å²) in [6, 6.07) is 2.80. The van der Waals surface area contributed by atoms with Crippen molar-refractivity contribution >= 4 is 22.7 Å². The van der Waals surface area contributed by atoms with Crippen LogP contribution in [0.1, 0.15) is 12.8 Å². The Hall–Kier alpha value is -3.23. The molecular weight excluding hydrogens is 392 g/mol. The fraction of sp³-hybridized carbons (Fsp3) is 0.381. The van der Waals surface area contributed by atoms with Crippen LogP contribution in [0.25, 0.3) is 22.2 Å². The molecule has 0 atom stereocenters. The van der Waals surface area contributed by atoms with E-state index in [9.17, 15) is 0 Å². The van der Waals surface area contributed by atoms with Crippen LogP contribution >= 0.6 is 0 Å². The Kier molecular flexibility index (Phi) is 4.52. The maximum Gasteiger partial charge on any atom is 0.226 e. The number of hydrogen-bond acceptors (Lipinski definition) is 7. The molecule has 2 saturated heterocycles. The first-order chi connectivity index (χ1) is 14.6. The average Bonchev–Trinajstić information content (AvgIpc) is 2.66. The van der Waals surface area contributed by atoms with Gasteiger partial charge in [0.05, 0.1) is 25.5 Å². The lowest BCUT2D eigenvalue weighted by atomic mass is 10.1. The van der Waals surface area contributed by atoms with Crippen molar-refractivity contribution in [1.29, 1.82) is 0 Å². The molecule has 2 aromatic heterocycles. The van der Waals surface area contributed by atoms with Gasteiger partial charge in [-0.1, -0.05) is 0 Å². The van der Waals surface area contributed by atoms with E-state index in [1.807, 2.05) is 0 Å². The van der Waals surface area contributed by atoms with E-state index in [4.69, 9.17) is 14.5 Å². The second-order valence-electron chi connectivity index (χ2n) is 7.40. The Labute approximate surface area is 172 Å². The zero-order valence-electron chi connectivity index (χ0n) is 16.8. The normalized spacial score (nSPS) is 15.7. The van der Waals surface area contributed by atoms with E-state index < -0.39 is 11.6 Å². The predicted molar refractivity (Wildman–Crippen MR) is 109 cm³/mol. The minimum Gasteiger partial charge on any atom is -0.494 e. The molecule has 0 N–H and O–H groups in total. The zero-order valence-corrected chi connectivity index (χ0v) is 16.8. The number of methoxy groups -OCH3 is 2. The molecule has 4 heterocycles. The Morgan fingerprint density at radius 1 is 0.867 bits per heavy atom. The molecule has 2 aliphatic rings. The zero-order chi connectivity index (χ0) is 20.8. The number of pyridine rings is 1. The van der Waals surface area contributed by atoms with Gasteiger partial charge >= 0.3 is 0 Å². The topological polar surface area (TPSA) is 63.6 Å². The molecule has 3 aromatic rings. The summed E-state index contributed by atoms with van der Waals surface area (Å²) in [5.41, 5.74) is 0.546. The molecule has 0 spiro atoms. The molecule has 1 aromatic carbocycles. The number of fused-ring (bicyclic) bond motifs is 1. The minimum atomic E-state index is -0.824. The second kappa shape index (κ2) is 7.23. The van der Waals surface area contributed by atoms with E-state index >= 15 is 8.78 Å². The summed E-state index contributed by atoms with van der Waals surface area (Å²) in [5, 5.41) is 0.673. The van der Waals surface area contributed by atoms with Gasteiger partial charge in [-0.15, -0.1) is 0 Å². The molecule has 5 rings (SSSR count). The minimum absolute atomic E-state index is 0.111. The number of ether oxygens (including phenoxy) is 2. The fourth-order valence-electron chi connectivity index (χ4n) is 3.67. The van der Waals surface area contributed by atoms with Crippen LogP contribution in [0.3, 0.4) is 0 Å². The molecular formula is C21H21F2N5O2. The van der Waals surface area contributed by atoms with E-state index in [0.29, 0.717) is 22.7 Å². The molecule has 0 saturated carbocycles. The van der Waals surface area contributed by atoms with Crippen LogP contribution in [-0.4, -0.2) is 55.4 Å². The van der Waals surface area contributed by atoms with Crippen LogP contribution in [0.2, 0.25) is 0 Å². The van der Waals surface area contributed by atoms with Crippen molar-refractivity contribution < 1.29 is 18.3 Å². The first-order valence-electron chi connectivity index (χ1n) is 9.88. The van der Waals surface area contributed by atoms with E-state index in [1.54, 1.807) is 12.3 Å². The molecule has 30 heavy (non-hydrogen) atoms. The van der Waals surface area contributed by atoms with Crippen molar-refractivity contribution in [2.75, 3.05) is 50.2 Å². The van der Waals surface area contributed by atoms with Gasteiger partial charge in [-0.05, 0) is 18.9 Å². The smallest absolute Gasteiger partial charge is 0.226 e. The maximum absolute atomic E-state index is 15.1. The third kappa shape index (κ3) is 2.88. The van der Waals surface area contributed by atoms with Crippen molar-refractivity contribution in [1.82, 2.24) is 15.0 Å². The summed E-state index contributed by atoms with van der Waals surface area (Å²) in [6.07, 6.45) is 3.85. The molecule has 2 aliphatic heterocycles. The highest BCUT2D eigenvalue weighted by atomic mass is 19.1. The lowest BCUT2D eigenvalue weighted by molar-refractivity contribution is 0.359. The van der Waals surface area contributed by atoms with Crippen LogP contribution in [-0.2, 0) is 0 Å². The first kappa shape index (κ1) is 18.8. The number of benzene rings is 1.